The number of amides is 3. The van der Waals surface area contributed by atoms with Crippen molar-refractivity contribution >= 4 is 23.3 Å². The molecule has 142 valence electrons. The number of nitrogens with one attached hydrogen (secondary N) is 2. The van der Waals surface area contributed by atoms with Gasteiger partial charge in [0.2, 0.25) is 5.91 Å². The Kier molecular flexibility index (Phi) is 6.40. The normalized spacial score (nSPS) is 15.3. The van der Waals surface area contributed by atoms with E-state index in [2.05, 4.69) is 44.7 Å². The lowest BCUT2D eigenvalue weighted by molar-refractivity contribution is -0.117. The van der Waals surface area contributed by atoms with E-state index in [1.165, 1.54) is 5.56 Å². The van der Waals surface area contributed by atoms with Gasteiger partial charge < -0.3 is 16.4 Å². The number of primary amides is 1. The van der Waals surface area contributed by atoms with E-state index in [1.807, 2.05) is 6.07 Å². The van der Waals surface area contributed by atoms with Crippen LogP contribution in [-0.4, -0.2) is 54.5 Å². The highest BCUT2D eigenvalue weighted by Crippen LogP contribution is 2.14. The molecule has 0 radical (unpaired) electrons. The van der Waals surface area contributed by atoms with Crippen LogP contribution in [0.25, 0.3) is 0 Å². The monoisotopic (exact) mass is 367 g/mol. The van der Waals surface area contributed by atoms with E-state index in [1.54, 1.807) is 24.3 Å². The van der Waals surface area contributed by atoms with Crippen molar-refractivity contribution in [2.24, 2.45) is 5.73 Å². The molecule has 0 atom stereocenters. The zero-order chi connectivity index (χ0) is 19.1. The van der Waals surface area contributed by atoms with Crippen molar-refractivity contribution in [2.75, 3.05) is 43.4 Å². The molecule has 2 aromatic rings. The topological polar surface area (TPSA) is 90.7 Å². The fourth-order valence-corrected chi connectivity index (χ4v) is 3.13. The van der Waals surface area contributed by atoms with E-state index in [9.17, 15) is 9.59 Å². The molecule has 1 heterocycles. The maximum Gasteiger partial charge on any atom is 0.316 e. The maximum atomic E-state index is 12.3. The van der Waals surface area contributed by atoms with Crippen molar-refractivity contribution in [3.63, 3.8) is 0 Å². The SMILES string of the molecule is NC(=O)Nc1ccc(NC(=O)CN2CCN(Cc3ccccc3)CC2)cc1. The molecule has 0 spiro atoms. The molecule has 3 rings (SSSR count). The number of piperazine rings is 1. The third-order valence-electron chi connectivity index (χ3n) is 4.52. The van der Waals surface area contributed by atoms with Gasteiger partial charge in [-0.2, -0.15) is 0 Å². The quantitative estimate of drug-likeness (QED) is 0.728. The number of nitrogens with zero attached hydrogens (tertiary/aromatic N) is 2. The highest BCUT2D eigenvalue weighted by molar-refractivity contribution is 5.93. The van der Waals surface area contributed by atoms with Crippen molar-refractivity contribution in [1.29, 1.82) is 0 Å². The largest absolute Gasteiger partial charge is 0.351 e. The van der Waals surface area contributed by atoms with E-state index in [-0.39, 0.29) is 5.91 Å². The van der Waals surface area contributed by atoms with Crippen LogP contribution in [0.3, 0.4) is 0 Å². The van der Waals surface area contributed by atoms with Gasteiger partial charge in [-0.25, -0.2) is 4.79 Å². The fraction of sp³-hybridized carbons (Fsp3) is 0.300. The Bertz CT molecular complexity index is 756. The van der Waals surface area contributed by atoms with Crippen LogP contribution in [0.1, 0.15) is 5.56 Å². The number of hydrogen-bond donors (Lipinski definition) is 3. The summed E-state index contributed by atoms with van der Waals surface area (Å²) in [5, 5.41) is 5.37. The summed E-state index contributed by atoms with van der Waals surface area (Å²) in [7, 11) is 0. The van der Waals surface area contributed by atoms with Crippen molar-refractivity contribution in [3.8, 4) is 0 Å². The van der Waals surface area contributed by atoms with Crippen LogP contribution in [0, 0.1) is 0 Å². The van der Waals surface area contributed by atoms with Crippen molar-refractivity contribution in [3.05, 3.63) is 60.2 Å². The van der Waals surface area contributed by atoms with Crippen LogP contribution in [0.2, 0.25) is 0 Å². The third-order valence-corrected chi connectivity index (χ3v) is 4.52. The number of rotatable bonds is 6. The average Bonchev–Trinajstić information content (AvgIpc) is 2.65. The average molecular weight is 367 g/mol. The Labute approximate surface area is 159 Å². The zero-order valence-corrected chi connectivity index (χ0v) is 15.2. The van der Waals surface area contributed by atoms with Crippen LogP contribution in [0.4, 0.5) is 16.2 Å². The van der Waals surface area contributed by atoms with E-state index < -0.39 is 6.03 Å². The Morgan fingerprint density at radius 2 is 1.37 bits per heavy atom. The molecular formula is C20H25N5O2. The van der Waals surface area contributed by atoms with Gasteiger partial charge in [0.15, 0.2) is 0 Å². The molecule has 0 bridgehead atoms. The summed E-state index contributed by atoms with van der Waals surface area (Å²) in [6, 6.07) is 16.7. The molecule has 1 aliphatic heterocycles. The van der Waals surface area contributed by atoms with Gasteiger partial charge in [-0.1, -0.05) is 30.3 Å². The Morgan fingerprint density at radius 3 is 1.96 bits per heavy atom. The van der Waals surface area contributed by atoms with Crippen molar-refractivity contribution < 1.29 is 9.59 Å². The van der Waals surface area contributed by atoms with Crippen LogP contribution in [-0.2, 0) is 11.3 Å². The van der Waals surface area contributed by atoms with Gasteiger partial charge in [0, 0.05) is 44.1 Å². The Morgan fingerprint density at radius 1 is 0.815 bits per heavy atom. The van der Waals surface area contributed by atoms with E-state index >= 15 is 0 Å². The van der Waals surface area contributed by atoms with Gasteiger partial charge in [0.25, 0.3) is 0 Å². The molecule has 1 fully saturated rings. The third kappa shape index (κ3) is 6.09. The van der Waals surface area contributed by atoms with Gasteiger partial charge in [-0.15, -0.1) is 0 Å². The number of carbonyl (C=O) groups is 2. The minimum atomic E-state index is -0.613. The van der Waals surface area contributed by atoms with Crippen LogP contribution in [0.15, 0.2) is 54.6 Å². The van der Waals surface area contributed by atoms with Crippen molar-refractivity contribution in [2.45, 2.75) is 6.54 Å². The van der Waals surface area contributed by atoms with Gasteiger partial charge in [-0.05, 0) is 29.8 Å². The molecule has 7 nitrogen and oxygen atoms in total. The molecular weight excluding hydrogens is 342 g/mol. The first-order chi connectivity index (χ1) is 13.1. The van der Waals surface area contributed by atoms with E-state index in [0.29, 0.717) is 17.9 Å². The van der Waals surface area contributed by atoms with Crippen LogP contribution in [0.5, 0.6) is 0 Å². The molecule has 4 N–H and O–H groups in total. The fourth-order valence-electron chi connectivity index (χ4n) is 3.13. The molecule has 1 saturated heterocycles. The first-order valence-electron chi connectivity index (χ1n) is 9.03. The summed E-state index contributed by atoms with van der Waals surface area (Å²) in [6.07, 6.45) is 0. The standard InChI is InChI=1S/C20H25N5O2/c21-20(27)23-18-8-6-17(7-9-18)22-19(26)15-25-12-10-24(11-13-25)14-16-4-2-1-3-5-16/h1-9H,10-15H2,(H,22,26)(H3,21,23,27). The minimum absolute atomic E-state index is 0.0397. The second kappa shape index (κ2) is 9.16. The molecule has 0 aromatic heterocycles. The molecule has 1 aliphatic rings. The smallest absolute Gasteiger partial charge is 0.316 e. The number of benzene rings is 2. The molecule has 0 aliphatic carbocycles. The summed E-state index contributed by atoms with van der Waals surface area (Å²) < 4.78 is 0. The summed E-state index contributed by atoms with van der Waals surface area (Å²) in [5.74, 6) is -0.0397. The van der Waals surface area contributed by atoms with E-state index in [4.69, 9.17) is 5.73 Å². The van der Waals surface area contributed by atoms with E-state index in [0.717, 1.165) is 32.7 Å². The predicted molar refractivity (Wildman–Crippen MR) is 106 cm³/mol. The summed E-state index contributed by atoms with van der Waals surface area (Å²) >= 11 is 0. The second-order valence-corrected chi connectivity index (χ2v) is 6.65. The first kappa shape index (κ1) is 18.9. The lowest BCUT2D eigenvalue weighted by Gasteiger charge is -2.34. The van der Waals surface area contributed by atoms with Gasteiger partial charge in [0.05, 0.1) is 6.54 Å². The lowest BCUT2D eigenvalue weighted by atomic mass is 10.2. The number of carbonyl (C=O) groups excluding carboxylic acids is 2. The van der Waals surface area contributed by atoms with Crippen LogP contribution >= 0.6 is 0 Å². The molecule has 3 amide bonds. The highest BCUT2D eigenvalue weighted by Gasteiger charge is 2.19. The minimum Gasteiger partial charge on any atom is -0.351 e. The number of urea groups is 1. The zero-order valence-electron chi connectivity index (χ0n) is 15.2. The van der Waals surface area contributed by atoms with Gasteiger partial charge in [-0.3, -0.25) is 14.6 Å². The molecule has 27 heavy (non-hydrogen) atoms. The number of anilines is 2. The second-order valence-electron chi connectivity index (χ2n) is 6.65. The number of hydrogen-bond acceptors (Lipinski definition) is 4. The molecule has 0 unspecified atom stereocenters. The maximum absolute atomic E-state index is 12.3. The highest BCUT2D eigenvalue weighted by atomic mass is 16.2. The first-order valence-corrected chi connectivity index (χ1v) is 9.03. The van der Waals surface area contributed by atoms with Gasteiger partial charge in [0.1, 0.15) is 0 Å². The number of nitrogens with two attached hydrogens (primary N) is 1. The Balaban J connectivity index is 1.41. The summed E-state index contributed by atoms with van der Waals surface area (Å²) in [5.41, 5.74) is 7.67. The molecule has 0 saturated carbocycles. The van der Waals surface area contributed by atoms with Crippen LogP contribution < -0.4 is 16.4 Å². The lowest BCUT2D eigenvalue weighted by Crippen LogP contribution is -2.48. The van der Waals surface area contributed by atoms with Crippen molar-refractivity contribution in [1.82, 2.24) is 9.80 Å². The molecule has 2 aromatic carbocycles. The predicted octanol–water partition coefficient (Wildman–Crippen LogP) is 1.93. The Hall–Kier alpha value is -2.90. The molecule has 7 heteroatoms. The van der Waals surface area contributed by atoms with Gasteiger partial charge >= 0.3 is 6.03 Å². The summed E-state index contributed by atoms with van der Waals surface area (Å²) in [6.45, 7) is 4.99. The summed E-state index contributed by atoms with van der Waals surface area (Å²) in [4.78, 5) is 27.6.